The predicted octanol–water partition coefficient (Wildman–Crippen LogP) is 1.71. The van der Waals surface area contributed by atoms with E-state index in [0.29, 0.717) is 18.9 Å². The number of anilines is 1. The number of rotatable bonds is 6. The number of pyridine rings is 1. The summed E-state index contributed by atoms with van der Waals surface area (Å²) in [6.45, 7) is 8.02. The zero-order chi connectivity index (χ0) is 14.5. The van der Waals surface area contributed by atoms with Crippen molar-refractivity contribution in [3.63, 3.8) is 0 Å². The molecule has 6 nitrogen and oxygen atoms in total. The summed E-state index contributed by atoms with van der Waals surface area (Å²) in [5, 5.41) is 7.43. The third-order valence-electron chi connectivity index (χ3n) is 3.30. The highest BCUT2D eigenvalue weighted by Gasteiger charge is 2.10. The Morgan fingerprint density at radius 1 is 1.40 bits per heavy atom. The molecule has 0 spiro atoms. The monoisotopic (exact) mass is 275 g/mol. The van der Waals surface area contributed by atoms with Gasteiger partial charge in [0.2, 0.25) is 11.9 Å². The number of nitrogens with one attached hydrogen (secondary N) is 1. The van der Waals surface area contributed by atoms with Crippen molar-refractivity contribution < 1.29 is 4.79 Å². The fraction of sp³-hybridized carbons (Fsp3) is 0.500. The Labute approximate surface area is 118 Å². The van der Waals surface area contributed by atoms with Crippen molar-refractivity contribution in [2.24, 2.45) is 0 Å². The lowest BCUT2D eigenvalue weighted by Gasteiger charge is -2.18. The van der Waals surface area contributed by atoms with Crippen molar-refractivity contribution in [3.8, 4) is 0 Å². The van der Waals surface area contributed by atoms with Crippen LogP contribution in [0.2, 0.25) is 0 Å². The van der Waals surface area contributed by atoms with E-state index in [1.165, 1.54) is 0 Å². The van der Waals surface area contributed by atoms with Gasteiger partial charge in [-0.05, 0) is 32.4 Å². The molecular weight excluding hydrogens is 254 g/mol. The van der Waals surface area contributed by atoms with Crippen LogP contribution in [0.25, 0.3) is 5.65 Å². The Morgan fingerprint density at radius 2 is 2.15 bits per heavy atom. The minimum absolute atomic E-state index is 0.155. The molecule has 0 aromatic carbocycles. The first-order valence-corrected chi connectivity index (χ1v) is 6.99. The van der Waals surface area contributed by atoms with E-state index >= 15 is 0 Å². The molecule has 0 aliphatic rings. The summed E-state index contributed by atoms with van der Waals surface area (Å²) in [5.74, 6) is 0.717. The number of nitrogens with zero attached hydrogens (tertiary/aromatic N) is 4. The Hall–Kier alpha value is -2.11. The second-order valence-electron chi connectivity index (χ2n) is 4.64. The average Bonchev–Trinajstić information content (AvgIpc) is 2.84. The Kier molecular flexibility index (Phi) is 4.55. The van der Waals surface area contributed by atoms with E-state index in [4.69, 9.17) is 0 Å². The van der Waals surface area contributed by atoms with Gasteiger partial charge in [-0.25, -0.2) is 4.52 Å². The van der Waals surface area contributed by atoms with Crippen LogP contribution >= 0.6 is 0 Å². The molecule has 0 aliphatic carbocycles. The van der Waals surface area contributed by atoms with E-state index in [1.54, 1.807) is 4.52 Å². The van der Waals surface area contributed by atoms with Crippen LogP contribution in [0.1, 0.15) is 25.8 Å². The zero-order valence-electron chi connectivity index (χ0n) is 12.3. The molecule has 0 saturated heterocycles. The summed E-state index contributed by atoms with van der Waals surface area (Å²) in [6, 6.07) is 3.93. The molecule has 0 atom stereocenters. The lowest BCUT2D eigenvalue weighted by atomic mass is 10.3. The van der Waals surface area contributed by atoms with Gasteiger partial charge in [0.15, 0.2) is 5.65 Å². The second-order valence-corrected chi connectivity index (χ2v) is 4.64. The van der Waals surface area contributed by atoms with Crippen LogP contribution in [0.15, 0.2) is 18.3 Å². The van der Waals surface area contributed by atoms with Crippen LogP contribution in [0.3, 0.4) is 0 Å². The van der Waals surface area contributed by atoms with Gasteiger partial charge in [-0.3, -0.25) is 4.79 Å². The first-order valence-electron chi connectivity index (χ1n) is 6.99. The maximum atomic E-state index is 11.9. The van der Waals surface area contributed by atoms with Gasteiger partial charge in [0, 0.05) is 32.3 Å². The van der Waals surface area contributed by atoms with Crippen LogP contribution in [0.5, 0.6) is 0 Å². The topological polar surface area (TPSA) is 62.5 Å². The fourth-order valence-corrected chi connectivity index (χ4v) is 2.13. The van der Waals surface area contributed by atoms with Crippen molar-refractivity contribution in [2.45, 2.75) is 27.2 Å². The van der Waals surface area contributed by atoms with E-state index in [9.17, 15) is 4.79 Å². The first-order chi connectivity index (χ1) is 9.65. The molecule has 20 heavy (non-hydrogen) atoms. The largest absolute Gasteiger partial charge is 0.352 e. The Morgan fingerprint density at radius 3 is 2.80 bits per heavy atom. The quantitative estimate of drug-likeness (QED) is 0.871. The number of carbonyl (C=O) groups excluding carboxylic acids is 1. The number of amides is 1. The molecule has 108 valence electrons. The lowest BCUT2D eigenvalue weighted by molar-refractivity contribution is -0.130. The maximum absolute atomic E-state index is 11.9. The molecule has 2 aromatic rings. The number of aromatic nitrogens is 3. The van der Waals surface area contributed by atoms with Gasteiger partial charge in [-0.1, -0.05) is 6.07 Å². The molecule has 0 fully saturated rings. The molecule has 2 aromatic heterocycles. The van der Waals surface area contributed by atoms with Gasteiger partial charge in [0.25, 0.3) is 0 Å². The zero-order valence-corrected chi connectivity index (χ0v) is 12.3. The first kappa shape index (κ1) is 14.3. The standard InChI is InChI=1S/C14H21N5O/c1-4-18(5-2)12(20)8-9-15-14-16-13-11(3)7-6-10-19(13)17-14/h6-7,10H,4-5,8-9H2,1-3H3,(H,15,17). The number of hydrogen-bond donors (Lipinski definition) is 1. The highest BCUT2D eigenvalue weighted by Crippen LogP contribution is 2.09. The summed E-state index contributed by atoms with van der Waals surface area (Å²) in [4.78, 5) is 18.1. The molecule has 6 heteroatoms. The second kappa shape index (κ2) is 6.36. The Balaban J connectivity index is 1.93. The molecule has 1 N–H and O–H groups in total. The molecule has 1 amide bonds. The summed E-state index contributed by atoms with van der Waals surface area (Å²) in [6.07, 6.45) is 2.32. The van der Waals surface area contributed by atoms with Crippen molar-refractivity contribution in [2.75, 3.05) is 25.0 Å². The highest BCUT2D eigenvalue weighted by atomic mass is 16.2. The van der Waals surface area contributed by atoms with Crippen molar-refractivity contribution in [1.29, 1.82) is 0 Å². The highest BCUT2D eigenvalue weighted by molar-refractivity contribution is 5.76. The number of hydrogen-bond acceptors (Lipinski definition) is 4. The van der Waals surface area contributed by atoms with Crippen molar-refractivity contribution in [3.05, 3.63) is 23.9 Å². The molecule has 0 radical (unpaired) electrons. The number of carbonyl (C=O) groups is 1. The van der Waals surface area contributed by atoms with Gasteiger partial charge < -0.3 is 10.2 Å². The fourth-order valence-electron chi connectivity index (χ4n) is 2.13. The van der Waals surface area contributed by atoms with Gasteiger partial charge >= 0.3 is 0 Å². The molecule has 0 saturated carbocycles. The number of fused-ring (bicyclic) bond motifs is 1. The molecule has 0 aliphatic heterocycles. The van der Waals surface area contributed by atoms with E-state index in [-0.39, 0.29) is 5.91 Å². The summed E-state index contributed by atoms with van der Waals surface area (Å²) >= 11 is 0. The van der Waals surface area contributed by atoms with E-state index < -0.39 is 0 Å². The van der Waals surface area contributed by atoms with Gasteiger partial charge in [-0.2, -0.15) is 4.98 Å². The Bertz CT molecular complexity index is 588. The molecule has 2 rings (SSSR count). The minimum atomic E-state index is 0.155. The summed E-state index contributed by atoms with van der Waals surface area (Å²) in [7, 11) is 0. The van der Waals surface area contributed by atoms with Crippen molar-refractivity contribution in [1.82, 2.24) is 19.5 Å². The molecule has 0 unspecified atom stereocenters. The van der Waals surface area contributed by atoms with Gasteiger partial charge in [0.05, 0.1) is 0 Å². The summed E-state index contributed by atoms with van der Waals surface area (Å²) < 4.78 is 1.74. The summed E-state index contributed by atoms with van der Waals surface area (Å²) in [5.41, 5.74) is 1.91. The SMILES string of the molecule is CCN(CC)C(=O)CCNc1nc2c(C)cccn2n1. The molecular formula is C14H21N5O. The number of aryl methyl sites for hydroxylation is 1. The third kappa shape index (κ3) is 3.07. The van der Waals surface area contributed by atoms with Gasteiger partial charge in [0.1, 0.15) is 0 Å². The maximum Gasteiger partial charge on any atom is 0.243 e. The predicted molar refractivity (Wildman–Crippen MR) is 78.8 cm³/mol. The van der Waals surface area contributed by atoms with Crippen LogP contribution < -0.4 is 5.32 Å². The van der Waals surface area contributed by atoms with Gasteiger partial charge in [-0.15, -0.1) is 5.10 Å². The molecule has 0 bridgehead atoms. The van der Waals surface area contributed by atoms with Crippen LogP contribution in [-0.2, 0) is 4.79 Å². The van der Waals surface area contributed by atoms with Crippen LogP contribution in [-0.4, -0.2) is 45.0 Å². The van der Waals surface area contributed by atoms with Crippen molar-refractivity contribution >= 4 is 17.5 Å². The average molecular weight is 275 g/mol. The normalized spacial score (nSPS) is 10.8. The lowest BCUT2D eigenvalue weighted by Crippen LogP contribution is -2.31. The minimum Gasteiger partial charge on any atom is -0.352 e. The molecule has 2 heterocycles. The van der Waals surface area contributed by atoms with Crippen LogP contribution in [0.4, 0.5) is 5.95 Å². The third-order valence-corrected chi connectivity index (χ3v) is 3.30. The van der Waals surface area contributed by atoms with E-state index in [2.05, 4.69) is 15.4 Å². The van der Waals surface area contributed by atoms with E-state index in [0.717, 1.165) is 24.3 Å². The van der Waals surface area contributed by atoms with Crippen LogP contribution in [0, 0.1) is 6.92 Å². The smallest absolute Gasteiger partial charge is 0.243 e. The van der Waals surface area contributed by atoms with E-state index in [1.807, 2.05) is 44.0 Å².